The number of aromatic nitrogens is 2. The fraction of sp³-hybridized carbons (Fsp3) is 0.625. The minimum atomic E-state index is -0.891. The Bertz CT molecular complexity index is 665. The number of fused-ring (bicyclic) bond motifs is 1. The average Bonchev–Trinajstić information content (AvgIpc) is 2.83. The monoisotopic (exact) mass is 334 g/mol. The quantitative estimate of drug-likeness (QED) is 0.823. The van der Waals surface area contributed by atoms with Crippen LogP contribution in [0.15, 0.2) is 6.33 Å². The van der Waals surface area contributed by atoms with E-state index >= 15 is 0 Å². The van der Waals surface area contributed by atoms with E-state index in [0.717, 1.165) is 17.1 Å². The summed E-state index contributed by atoms with van der Waals surface area (Å²) in [5.74, 6) is 0.702. The van der Waals surface area contributed by atoms with Crippen LogP contribution in [0.1, 0.15) is 50.5 Å². The van der Waals surface area contributed by atoms with E-state index in [0.29, 0.717) is 26.1 Å². The van der Waals surface area contributed by atoms with Gasteiger partial charge in [0.05, 0.1) is 5.69 Å². The molecule has 2 heterocycles. The summed E-state index contributed by atoms with van der Waals surface area (Å²) in [6, 6.07) is 0.0221. The van der Waals surface area contributed by atoms with E-state index in [1.54, 1.807) is 0 Å². The molecule has 1 aromatic heterocycles. The molecule has 130 valence electrons. The minimum absolute atomic E-state index is 0.0221. The number of carbonyl (C=O) groups is 2. The van der Waals surface area contributed by atoms with Gasteiger partial charge in [0.2, 0.25) is 0 Å². The maximum Gasteiger partial charge on any atom is 0.407 e. The van der Waals surface area contributed by atoms with Gasteiger partial charge in [-0.3, -0.25) is 4.79 Å². The van der Waals surface area contributed by atoms with Crippen LogP contribution in [0.2, 0.25) is 0 Å². The summed E-state index contributed by atoms with van der Waals surface area (Å²) in [5, 5.41) is 9.16. The molecule has 0 bridgehead atoms. The van der Waals surface area contributed by atoms with Crippen LogP contribution in [0.25, 0.3) is 0 Å². The maximum atomic E-state index is 11.3. The lowest BCUT2D eigenvalue weighted by atomic mass is 10.0. The van der Waals surface area contributed by atoms with Gasteiger partial charge in [-0.05, 0) is 19.3 Å². The third kappa shape index (κ3) is 2.88. The van der Waals surface area contributed by atoms with E-state index < -0.39 is 6.09 Å². The number of ether oxygens (including phenoxy) is 1. The largest absolute Gasteiger partial charge is 0.465 e. The molecule has 1 amide bonds. The van der Waals surface area contributed by atoms with E-state index in [9.17, 15) is 9.59 Å². The zero-order valence-electron chi connectivity index (χ0n) is 14.1. The van der Waals surface area contributed by atoms with Crippen molar-refractivity contribution in [2.45, 2.75) is 45.3 Å². The van der Waals surface area contributed by atoms with Gasteiger partial charge < -0.3 is 19.6 Å². The van der Waals surface area contributed by atoms with Crippen molar-refractivity contribution in [3.05, 3.63) is 17.6 Å². The van der Waals surface area contributed by atoms with Crippen LogP contribution in [0.4, 0.5) is 10.6 Å². The summed E-state index contributed by atoms with van der Waals surface area (Å²) in [4.78, 5) is 34.8. The molecular weight excluding hydrogens is 312 g/mol. The van der Waals surface area contributed by atoms with Crippen molar-refractivity contribution in [1.29, 1.82) is 0 Å². The Balaban J connectivity index is 1.89. The Hall–Kier alpha value is -2.38. The Kier molecular flexibility index (Phi) is 4.29. The number of nitrogens with zero attached hydrogens (tertiary/aromatic N) is 4. The van der Waals surface area contributed by atoms with E-state index in [4.69, 9.17) is 9.84 Å². The molecule has 8 nitrogen and oxygen atoms in total. The second kappa shape index (κ2) is 6.26. The van der Waals surface area contributed by atoms with E-state index in [2.05, 4.69) is 21.8 Å². The van der Waals surface area contributed by atoms with E-state index in [1.807, 2.05) is 6.92 Å². The molecule has 0 saturated carbocycles. The number of amides is 1. The first kappa shape index (κ1) is 16.5. The molecule has 1 fully saturated rings. The van der Waals surface area contributed by atoms with Gasteiger partial charge >= 0.3 is 12.1 Å². The highest BCUT2D eigenvalue weighted by Gasteiger charge is 2.37. The fourth-order valence-corrected chi connectivity index (χ4v) is 3.66. The van der Waals surface area contributed by atoms with Gasteiger partial charge in [-0.15, -0.1) is 0 Å². The first-order valence-corrected chi connectivity index (χ1v) is 8.15. The van der Waals surface area contributed by atoms with Crippen LogP contribution in [0, 0.1) is 0 Å². The Morgan fingerprint density at radius 1 is 1.29 bits per heavy atom. The first-order valence-electron chi connectivity index (χ1n) is 8.15. The summed E-state index contributed by atoms with van der Waals surface area (Å²) in [7, 11) is 0. The first-order chi connectivity index (χ1) is 11.4. The molecule has 0 radical (unpaired) electrons. The topological polar surface area (TPSA) is 95.9 Å². The van der Waals surface area contributed by atoms with E-state index in [-0.39, 0.29) is 24.0 Å². The Morgan fingerprint density at radius 2 is 2.04 bits per heavy atom. The smallest absolute Gasteiger partial charge is 0.407 e. The van der Waals surface area contributed by atoms with Crippen molar-refractivity contribution in [2.75, 3.05) is 24.5 Å². The number of esters is 1. The summed E-state index contributed by atoms with van der Waals surface area (Å²) in [5.41, 5.74) is 1.79. The molecule has 24 heavy (non-hydrogen) atoms. The zero-order chi connectivity index (χ0) is 17.4. The number of piperazine rings is 1. The third-order valence-corrected chi connectivity index (χ3v) is 4.74. The number of carboxylic acid groups (broad SMARTS) is 1. The highest BCUT2D eigenvalue weighted by molar-refractivity contribution is 5.67. The average molecular weight is 334 g/mol. The van der Waals surface area contributed by atoms with Crippen LogP contribution in [-0.2, 0) is 9.53 Å². The van der Waals surface area contributed by atoms with Crippen molar-refractivity contribution in [1.82, 2.24) is 14.9 Å². The highest BCUT2D eigenvalue weighted by Crippen LogP contribution is 2.45. The predicted octanol–water partition coefficient (Wildman–Crippen LogP) is 1.78. The van der Waals surface area contributed by atoms with Crippen molar-refractivity contribution >= 4 is 17.9 Å². The van der Waals surface area contributed by atoms with Crippen LogP contribution >= 0.6 is 0 Å². The molecule has 1 aromatic rings. The molecule has 1 aliphatic carbocycles. The highest BCUT2D eigenvalue weighted by atomic mass is 16.5. The molecule has 8 heteroatoms. The van der Waals surface area contributed by atoms with Crippen molar-refractivity contribution in [3.8, 4) is 0 Å². The zero-order valence-corrected chi connectivity index (χ0v) is 14.1. The standard InChI is InChI=1S/C16H22N4O4/c1-9-6-12(24-11(3)21)14-13(9)15(18-8-17-14)20-5-4-19(16(22)23)7-10(20)2/h8-10,12H,4-7H2,1-3H3,(H,22,23)/t9-,10+,12-/m1/s1. The maximum absolute atomic E-state index is 11.3. The second-order valence-corrected chi connectivity index (χ2v) is 6.50. The van der Waals surface area contributed by atoms with Gasteiger partial charge in [-0.25, -0.2) is 14.8 Å². The SMILES string of the molecule is CC(=O)O[C@@H]1C[C@@H](C)c2c1ncnc2N1CCN(C(=O)O)C[C@@H]1C. The number of anilines is 1. The van der Waals surface area contributed by atoms with Crippen molar-refractivity contribution in [2.24, 2.45) is 0 Å². The normalized spacial score (nSPS) is 26.2. The summed E-state index contributed by atoms with van der Waals surface area (Å²) >= 11 is 0. The molecule has 1 saturated heterocycles. The van der Waals surface area contributed by atoms with Crippen molar-refractivity contribution < 1.29 is 19.4 Å². The van der Waals surface area contributed by atoms with Gasteiger partial charge in [0, 0.05) is 38.2 Å². The lowest BCUT2D eigenvalue weighted by Crippen LogP contribution is -2.54. The van der Waals surface area contributed by atoms with Gasteiger partial charge in [-0.1, -0.05) is 6.92 Å². The predicted molar refractivity (Wildman–Crippen MR) is 86.0 cm³/mol. The van der Waals surface area contributed by atoms with Gasteiger partial charge in [0.1, 0.15) is 18.2 Å². The van der Waals surface area contributed by atoms with Crippen LogP contribution < -0.4 is 4.90 Å². The molecule has 0 aromatic carbocycles. The molecule has 0 unspecified atom stereocenters. The van der Waals surface area contributed by atoms with Crippen LogP contribution in [-0.4, -0.2) is 57.7 Å². The van der Waals surface area contributed by atoms with Crippen LogP contribution in [0.3, 0.4) is 0 Å². The van der Waals surface area contributed by atoms with Crippen molar-refractivity contribution in [3.63, 3.8) is 0 Å². The number of carbonyl (C=O) groups excluding carboxylic acids is 1. The fourth-order valence-electron chi connectivity index (χ4n) is 3.66. The summed E-state index contributed by atoms with van der Waals surface area (Å²) in [6.07, 6.45) is 0.978. The Labute approximate surface area is 140 Å². The van der Waals surface area contributed by atoms with E-state index in [1.165, 1.54) is 18.2 Å². The molecule has 3 rings (SSSR count). The molecule has 3 atom stereocenters. The lowest BCUT2D eigenvalue weighted by Gasteiger charge is -2.40. The summed E-state index contributed by atoms with van der Waals surface area (Å²) in [6.45, 7) is 6.94. The molecular formula is C16H22N4O4. The summed E-state index contributed by atoms with van der Waals surface area (Å²) < 4.78 is 5.39. The third-order valence-electron chi connectivity index (χ3n) is 4.74. The molecule has 0 spiro atoms. The van der Waals surface area contributed by atoms with Gasteiger partial charge in [0.25, 0.3) is 0 Å². The van der Waals surface area contributed by atoms with Crippen LogP contribution in [0.5, 0.6) is 0 Å². The number of rotatable bonds is 2. The van der Waals surface area contributed by atoms with Gasteiger partial charge in [-0.2, -0.15) is 0 Å². The minimum Gasteiger partial charge on any atom is -0.465 e. The molecule has 2 aliphatic rings. The lowest BCUT2D eigenvalue weighted by molar-refractivity contribution is -0.146. The number of hydrogen-bond donors (Lipinski definition) is 1. The molecule has 1 N–H and O–H groups in total. The second-order valence-electron chi connectivity index (χ2n) is 6.50. The van der Waals surface area contributed by atoms with Gasteiger partial charge in [0.15, 0.2) is 0 Å². The molecule has 1 aliphatic heterocycles. The number of hydrogen-bond acceptors (Lipinski definition) is 6. The Morgan fingerprint density at radius 3 is 2.67 bits per heavy atom.